The lowest BCUT2D eigenvalue weighted by molar-refractivity contribution is -0.138. The summed E-state index contributed by atoms with van der Waals surface area (Å²) in [5, 5.41) is 0. The first kappa shape index (κ1) is 14.8. The third-order valence-electron chi connectivity index (χ3n) is 5.06. The Morgan fingerprint density at radius 3 is 2.42 bits per heavy atom. The van der Waals surface area contributed by atoms with Crippen LogP contribution >= 0.6 is 0 Å². The third-order valence-corrected chi connectivity index (χ3v) is 5.06. The molecule has 2 fully saturated rings. The zero-order valence-corrected chi connectivity index (χ0v) is 12.5. The Morgan fingerprint density at radius 1 is 1.26 bits per heavy atom. The van der Waals surface area contributed by atoms with Crippen LogP contribution in [0.15, 0.2) is 0 Å². The van der Waals surface area contributed by atoms with E-state index in [4.69, 9.17) is 5.73 Å². The van der Waals surface area contributed by atoms with Crippen molar-refractivity contribution < 1.29 is 4.79 Å². The van der Waals surface area contributed by atoms with Crippen LogP contribution < -0.4 is 5.73 Å². The summed E-state index contributed by atoms with van der Waals surface area (Å²) in [5.41, 5.74) is 5.80. The van der Waals surface area contributed by atoms with Crippen LogP contribution in [0.25, 0.3) is 0 Å². The summed E-state index contributed by atoms with van der Waals surface area (Å²) >= 11 is 0. The molecule has 2 N–H and O–H groups in total. The topological polar surface area (TPSA) is 49.6 Å². The molecule has 4 heteroatoms. The largest absolute Gasteiger partial charge is 0.340 e. The molecule has 0 aromatic heterocycles. The van der Waals surface area contributed by atoms with Gasteiger partial charge in [-0.25, -0.2) is 0 Å². The number of nitrogens with zero attached hydrogens (tertiary/aromatic N) is 2. The zero-order chi connectivity index (χ0) is 13.8. The highest BCUT2D eigenvalue weighted by Crippen LogP contribution is 2.32. The van der Waals surface area contributed by atoms with Crippen molar-refractivity contribution in [2.24, 2.45) is 17.6 Å². The van der Waals surface area contributed by atoms with Gasteiger partial charge in [0.05, 0.1) is 0 Å². The molecule has 2 aliphatic rings. The van der Waals surface area contributed by atoms with Crippen LogP contribution in [0, 0.1) is 11.8 Å². The number of rotatable bonds is 4. The van der Waals surface area contributed by atoms with Gasteiger partial charge in [0.25, 0.3) is 0 Å². The molecule has 110 valence electrons. The molecule has 0 aromatic carbocycles. The summed E-state index contributed by atoms with van der Waals surface area (Å²) in [5.74, 6) is 1.28. The monoisotopic (exact) mass is 267 g/mol. The lowest BCUT2D eigenvalue weighted by Crippen LogP contribution is -2.54. The normalized spacial score (nSPS) is 30.6. The van der Waals surface area contributed by atoms with Crippen LogP contribution in [-0.4, -0.2) is 54.5 Å². The van der Waals surface area contributed by atoms with Gasteiger partial charge in [-0.1, -0.05) is 20.3 Å². The minimum atomic E-state index is 0.294. The van der Waals surface area contributed by atoms with Crippen molar-refractivity contribution >= 4 is 5.91 Å². The van der Waals surface area contributed by atoms with E-state index in [-0.39, 0.29) is 0 Å². The summed E-state index contributed by atoms with van der Waals surface area (Å²) in [6.45, 7) is 8.90. The fraction of sp³-hybridized carbons (Fsp3) is 0.933. The maximum Gasteiger partial charge on any atom is 0.226 e. The van der Waals surface area contributed by atoms with Crippen molar-refractivity contribution in [3.63, 3.8) is 0 Å². The number of hydrogen-bond donors (Lipinski definition) is 1. The maximum absolute atomic E-state index is 12.5. The van der Waals surface area contributed by atoms with Crippen molar-refractivity contribution in [2.45, 2.75) is 45.6 Å². The smallest absolute Gasteiger partial charge is 0.226 e. The van der Waals surface area contributed by atoms with Gasteiger partial charge in [-0.15, -0.1) is 0 Å². The average molecular weight is 267 g/mol. The Bertz CT molecular complexity index is 296. The second-order valence-corrected chi connectivity index (χ2v) is 6.17. The van der Waals surface area contributed by atoms with Crippen LogP contribution in [-0.2, 0) is 4.79 Å². The highest BCUT2D eigenvalue weighted by molar-refractivity contribution is 5.79. The minimum absolute atomic E-state index is 0.294. The van der Waals surface area contributed by atoms with Gasteiger partial charge in [0.2, 0.25) is 5.91 Å². The molecule has 0 radical (unpaired) electrons. The van der Waals surface area contributed by atoms with Gasteiger partial charge >= 0.3 is 0 Å². The number of amides is 1. The second-order valence-electron chi connectivity index (χ2n) is 6.17. The molecule has 1 aliphatic heterocycles. The van der Waals surface area contributed by atoms with Gasteiger partial charge in [0.15, 0.2) is 0 Å². The van der Waals surface area contributed by atoms with Crippen molar-refractivity contribution in [3.05, 3.63) is 0 Å². The molecule has 0 spiro atoms. The summed E-state index contributed by atoms with van der Waals surface area (Å²) in [6, 6.07) is 0.489. The Balaban J connectivity index is 1.84. The van der Waals surface area contributed by atoms with Crippen LogP contribution in [0.4, 0.5) is 0 Å². The molecule has 4 nitrogen and oxygen atoms in total. The van der Waals surface area contributed by atoms with Crippen LogP contribution in [0.2, 0.25) is 0 Å². The van der Waals surface area contributed by atoms with Gasteiger partial charge in [0, 0.05) is 44.7 Å². The summed E-state index contributed by atoms with van der Waals surface area (Å²) in [7, 11) is 0. The molecule has 0 bridgehead atoms. The maximum atomic E-state index is 12.5. The molecule has 19 heavy (non-hydrogen) atoms. The van der Waals surface area contributed by atoms with Gasteiger partial charge < -0.3 is 10.6 Å². The van der Waals surface area contributed by atoms with Crippen molar-refractivity contribution in [1.82, 2.24) is 9.80 Å². The fourth-order valence-corrected chi connectivity index (χ4v) is 3.63. The highest BCUT2D eigenvalue weighted by atomic mass is 16.2. The van der Waals surface area contributed by atoms with Crippen molar-refractivity contribution in [1.29, 1.82) is 0 Å². The van der Waals surface area contributed by atoms with Crippen molar-refractivity contribution in [3.8, 4) is 0 Å². The van der Waals surface area contributed by atoms with E-state index in [1.165, 1.54) is 12.8 Å². The number of hydrogen-bond acceptors (Lipinski definition) is 3. The minimum Gasteiger partial charge on any atom is -0.340 e. The van der Waals surface area contributed by atoms with Gasteiger partial charge in [0.1, 0.15) is 0 Å². The van der Waals surface area contributed by atoms with E-state index < -0.39 is 0 Å². The molecule has 0 aromatic rings. The van der Waals surface area contributed by atoms with E-state index in [0.717, 1.165) is 45.6 Å². The number of piperazine rings is 1. The van der Waals surface area contributed by atoms with Crippen LogP contribution in [0.3, 0.4) is 0 Å². The predicted molar refractivity (Wildman–Crippen MR) is 77.8 cm³/mol. The molecular weight excluding hydrogens is 238 g/mol. The first-order chi connectivity index (χ1) is 9.17. The SMILES string of the molecule is CCC(CN)N1CCN(C(=O)C2CCCC2C)CC1. The zero-order valence-electron chi connectivity index (χ0n) is 12.5. The molecule has 3 atom stereocenters. The fourth-order valence-electron chi connectivity index (χ4n) is 3.63. The number of carbonyl (C=O) groups excluding carboxylic acids is 1. The van der Waals surface area contributed by atoms with Crippen LogP contribution in [0.5, 0.6) is 0 Å². The quantitative estimate of drug-likeness (QED) is 0.835. The van der Waals surface area contributed by atoms with E-state index in [1.807, 2.05) is 0 Å². The number of nitrogens with two attached hydrogens (primary N) is 1. The summed E-state index contributed by atoms with van der Waals surface area (Å²) in [4.78, 5) is 17.0. The predicted octanol–water partition coefficient (Wildman–Crippen LogP) is 1.30. The third kappa shape index (κ3) is 3.29. The summed E-state index contributed by atoms with van der Waals surface area (Å²) in [6.07, 6.45) is 4.65. The first-order valence-electron chi connectivity index (χ1n) is 7.90. The van der Waals surface area contributed by atoms with E-state index in [0.29, 0.717) is 23.8 Å². The molecule has 3 unspecified atom stereocenters. The van der Waals surface area contributed by atoms with E-state index in [1.54, 1.807) is 0 Å². The van der Waals surface area contributed by atoms with E-state index in [2.05, 4.69) is 23.6 Å². The standard InChI is InChI=1S/C15H29N3O/c1-3-13(11-16)17-7-9-18(10-8-17)15(19)14-6-4-5-12(14)2/h12-14H,3-11,16H2,1-2H3. The second kappa shape index (κ2) is 6.71. The van der Waals surface area contributed by atoms with Gasteiger partial charge in [-0.05, 0) is 25.2 Å². The molecule has 1 saturated carbocycles. The highest BCUT2D eigenvalue weighted by Gasteiger charge is 2.34. The Labute approximate surface area is 117 Å². The molecule has 1 heterocycles. The molecule has 1 aliphatic carbocycles. The molecule has 1 saturated heterocycles. The lowest BCUT2D eigenvalue weighted by atomic mass is 9.96. The molecule has 2 rings (SSSR count). The Morgan fingerprint density at radius 2 is 1.95 bits per heavy atom. The number of carbonyl (C=O) groups is 1. The van der Waals surface area contributed by atoms with E-state index >= 15 is 0 Å². The Kier molecular flexibility index (Phi) is 5.22. The van der Waals surface area contributed by atoms with Gasteiger partial charge in [-0.2, -0.15) is 0 Å². The average Bonchev–Trinajstić information content (AvgIpc) is 2.86. The molecule has 1 amide bonds. The van der Waals surface area contributed by atoms with Gasteiger partial charge in [-0.3, -0.25) is 9.69 Å². The van der Waals surface area contributed by atoms with E-state index in [9.17, 15) is 4.79 Å². The summed E-state index contributed by atoms with van der Waals surface area (Å²) < 4.78 is 0. The lowest BCUT2D eigenvalue weighted by Gasteiger charge is -2.39. The first-order valence-corrected chi connectivity index (χ1v) is 7.90. The molecular formula is C15H29N3O. The van der Waals surface area contributed by atoms with Crippen molar-refractivity contribution in [2.75, 3.05) is 32.7 Å². The Hall–Kier alpha value is -0.610. The van der Waals surface area contributed by atoms with Crippen LogP contribution in [0.1, 0.15) is 39.5 Å².